The SMILES string of the molecule is O=C(O)Nc1c(F)ccc([N+](=O)[O-])c1F. The van der Waals surface area contributed by atoms with E-state index in [4.69, 9.17) is 5.11 Å². The Balaban J connectivity index is 3.29. The second-order valence-corrected chi connectivity index (χ2v) is 2.44. The van der Waals surface area contributed by atoms with Crippen molar-refractivity contribution in [3.63, 3.8) is 0 Å². The van der Waals surface area contributed by atoms with E-state index in [2.05, 4.69) is 0 Å². The minimum Gasteiger partial charge on any atom is -0.465 e. The molecule has 0 atom stereocenters. The maximum atomic E-state index is 13.1. The van der Waals surface area contributed by atoms with E-state index in [1.165, 1.54) is 5.32 Å². The van der Waals surface area contributed by atoms with E-state index >= 15 is 0 Å². The summed E-state index contributed by atoms with van der Waals surface area (Å²) in [7, 11) is 0. The Morgan fingerprint density at radius 1 is 1.47 bits per heavy atom. The van der Waals surface area contributed by atoms with E-state index in [1.807, 2.05) is 0 Å². The smallest absolute Gasteiger partial charge is 0.409 e. The van der Waals surface area contributed by atoms with Gasteiger partial charge in [-0.2, -0.15) is 4.39 Å². The zero-order chi connectivity index (χ0) is 11.6. The van der Waals surface area contributed by atoms with Gasteiger partial charge in [-0.05, 0) is 6.07 Å². The number of carboxylic acid groups (broad SMARTS) is 1. The Kier molecular flexibility index (Phi) is 2.79. The van der Waals surface area contributed by atoms with Gasteiger partial charge in [-0.25, -0.2) is 9.18 Å². The summed E-state index contributed by atoms with van der Waals surface area (Å²) in [6.45, 7) is 0. The van der Waals surface area contributed by atoms with Gasteiger partial charge in [0, 0.05) is 6.07 Å². The van der Waals surface area contributed by atoms with Crippen molar-refractivity contribution in [2.24, 2.45) is 0 Å². The Bertz CT molecular complexity index is 435. The first-order chi connectivity index (χ1) is 6.93. The largest absolute Gasteiger partial charge is 0.465 e. The van der Waals surface area contributed by atoms with Crippen LogP contribution in [0, 0.1) is 21.7 Å². The summed E-state index contributed by atoms with van der Waals surface area (Å²) < 4.78 is 26.0. The second-order valence-electron chi connectivity index (χ2n) is 2.44. The van der Waals surface area contributed by atoms with Crippen molar-refractivity contribution in [3.8, 4) is 0 Å². The molecule has 6 nitrogen and oxygen atoms in total. The zero-order valence-electron chi connectivity index (χ0n) is 7.03. The highest BCUT2D eigenvalue weighted by molar-refractivity contribution is 5.83. The van der Waals surface area contributed by atoms with Crippen molar-refractivity contribution < 1.29 is 23.6 Å². The van der Waals surface area contributed by atoms with Gasteiger partial charge in [0.25, 0.3) is 0 Å². The topological polar surface area (TPSA) is 92.5 Å². The molecule has 0 radical (unpaired) electrons. The molecule has 1 amide bonds. The molecule has 1 aromatic carbocycles. The second kappa shape index (κ2) is 3.86. The molecule has 0 heterocycles. The monoisotopic (exact) mass is 218 g/mol. The fourth-order valence-corrected chi connectivity index (χ4v) is 0.904. The van der Waals surface area contributed by atoms with Crippen LogP contribution in [0.1, 0.15) is 0 Å². The van der Waals surface area contributed by atoms with Gasteiger partial charge in [-0.3, -0.25) is 15.4 Å². The molecule has 0 aliphatic carbocycles. The van der Waals surface area contributed by atoms with Gasteiger partial charge >= 0.3 is 11.8 Å². The molecular formula is C7H4F2N2O4. The molecule has 1 aromatic rings. The number of carbonyl (C=O) groups is 1. The standard InChI is InChI=1S/C7H4F2N2O4/c8-3-1-2-4(11(14)15)5(9)6(3)10-7(12)13/h1-2,10H,(H,12,13). The lowest BCUT2D eigenvalue weighted by Gasteiger charge is -2.03. The van der Waals surface area contributed by atoms with Crippen LogP contribution in [0.25, 0.3) is 0 Å². The number of nitro benzene ring substituents is 1. The van der Waals surface area contributed by atoms with Gasteiger partial charge in [0.05, 0.1) is 4.92 Å². The minimum absolute atomic E-state index is 0.604. The average Bonchev–Trinajstić information content (AvgIpc) is 2.11. The summed E-state index contributed by atoms with van der Waals surface area (Å²) in [5.74, 6) is -2.78. The lowest BCUT2D eigenvalue weighted by Crippen LogP contribution is -2.11. The highest BCUT2D eigenvalue weighted by atomic mass is 19.1. The van der Waals surface area contributed by atoms with Gasteiger partial charge in [0.2, 0.25) is 5.82 Å². The molecule has 0 unspecified atom stereocenters. The number of anilines is 1. The maximum absolute atomic E-state index is 13.1. The number of nitrogens with zero attached hydrogens (tertiary/aromatic N) is 1. The van der Waals surface area contributed by atoms with Crippen molar-refractivity contribution in [2.45, 2.75) is 0 Å². The molecule has 0 aliphatic heterocycles. The molecule has 15 heavy (non-hydrogen) atoms. The van der Waals surface area contributed by atoms with E-state index in [9.17, 15) is 23.7 Å². The first-order valence-corrected chi connectivity index (χ1v) is 3.56. The van der Waals surface area contributed by atoms with Crippen LogP contribution in [0.15, 0.2) is 12.1 Å². The first-order valence-electron chi connectivity index (χ1n) is 3.56. The zero-order valence-corrected chi connectivity index (χ0v) is 7.03. The summed E-state index contributed by atoms with van der Waals surface area (Å²) >= 11 is 0. The number of rotatable bonds is 2. The molecule has 0 saturated carbocycles. The van der Waals surface area contributed by atoms with Gasteiger partial charge in [-0.15, -0.1) is 0 Å². The van der Waals surface area contributed by atoms with Gasteiger partial charge in [0.1, 0.15) is 11.5 Å². The average molecular weight is 218 g/mol. The number of halogens is 2. The number of hydrogen-bond acceptors (Lipinski definition) is 3. The molecule has 0 aliphatic rings. The summed E-state index contributed by atoms with van der Waals surface area (Å²) in [6.07, 6.45) is -1.71. The Morgan fingerprint density at radius 2 is 2.07 bits per heavy atom. The van der Waals surface area contributed by atoms with Crippen molar-refractivity contribution in [2.75, 3.05) is 5.32 Å². The third-order valence-corrected chi connectivity index (χ3v) is 1.50. The van der Waals surface area contributed by atoms with Gasteiger partial charge in [-0.1, -0.05) is 0 Å². The number of amides is 1. The molecule has 80 valence electrons. The van der Waals surface area contributed by atoms with Crippen LogP contribution in [0.3, 0.4) is 0 Å². The minimum atomic E-state index is -1.71. The van der Waals surface area contributed by atoms with Crippen LogP contribution in [0.5, 0.6) is 0 Å². The molecule has 0 saturated heterocycles. The van der Waals surface area contributed by atoms with Crippen LogP contribution >= 0.6 is 0 Å². The fraction of sp³-hybridized carbons (Fsp3) is 0. The maximum Gasteiger partial charge on any atom is 0.409 e. The van der Waals surface area contributed by atoms with Crippen LogP contribution < -0.4 is 5.32 Å². The molecule has 8 heteroatoms. The fourth-order valence-electron chi connectivity index (χ4n) is 0.904. The van der Waals surface area contributed by atoms with E-state index < -0.39 is 34.0 Å². The summed E-state index contributed by atoms with van der Waals surface area (Å²) in [4.78, 5) is 19.3. The molecule has 0 spiro atoms. The molecule has 0 aromatic heterocycles. The normalized spacial score (nSPS) is 9.73. The number of nitro groups is 1. The van der Waals surface area contributed by atoms with Crippen LogP contribution in [0.2, 0.25) is 0 Å². The van der Waals surface area contributed by atoms with E-state index in [0.717, 1.165) is 0 Å². The van der Waals surface area contributed by atoms with Crippen LogP contribution in [0.4, 0.5) is 25.0 Å². The van der Waals surface area contributed by atoms with Gasteiger partial charge < -0.3 is 5.11 Å². The summed E-state index contributed by atoms with van der Waals surface area (Å²) in [5, 5.41) is 19.9. The number of nitrogens with one attached hydrogen (secondary N) is 1. The summed E-state index contributed by atoms with van der Waals surface area (Å²) in [5.41, 5.74) is -2.06. The molecule has 0 fully saturated rings. The van der Waals surface area contributed by atoms with Gasteiger partial charge in [0.15, 0.2) is 0 Å². The molecule has 1 rings (SSSR count). The van der Waals surface area contributed by atoms with E-state index in [-0.39, 0.29) is 0 Å². The van der Waals surface area contributed by atoms with E-state index in [1.54, 1.807) is 0 Å². The lowest BCUT2D eigenvalue weighted by molar-refractivity contribution is -0.387. The summed E-state index contributed by atoms with van der Waals surface area (Å²) in [6, 6.07) is 1.21. The highest BCUT2D eigenvalue weighted by Gasteiger charge is 2.22. The van der Waals surface area contributed by atoms with Crippen molar-refractivity contribution in [1.82, 2.24) is 0 Å². The van der Waals surface area contributed by atoms with Crippen molar-refractivity contribution >= 4 is 17.5 Å². The predicted molar refractivity (Wildman–Crippen MR) is 44.7 cm³/mol. The molecule has 0 bridgehead atoms. The Morgan fingerprint density at radius 3 is 2.53 bits per heavy atom. The third kappa shape index (κ3) is 2.16. The van der Waals surface area contributed by atoms with Crippen molar-refractivity contribution in [3.05, 3.63) is 33.9 Å². The number of benzene rings is 1. The van der Waals surface area contributed by atoms with Crippen LogP contribution in [-0.2, 0) is 0 Å². The Labute approximate surface area is 81.3 Å². The van der Waals surface area contributed by atoms with Crippen LogP contribution in [-0.4, -0.2) is 16.1 Å². The Hall–Kier alpha value is -2.25. The third-order valence-electron chi connectivity index (χ3n) is 1.50. The van der Waals surface area contributed by atoms with E-state index in [0.29, 0.717) is 12.1 Å². The quantitative estimate of drug-likeness (QED) is 0.586. The van der Waals surface area contributed by atoms with Crippen molar-refractivity contribution in [1.29, 1.82) is 0 Å². The molecular weight excluding hydrogens is 214 g/mol. The highest BCUT2D eigenvalue weighted by Crippen LogP contribution is 2.26. The lowest BCUT2D eigenvalue weighted by atomic mass is 10.2. The number of hydrogen-bond donors (Lipinski definition) is 2. The first kappa shape index (κ1) is 10.8. The predicted octanol–water partition coefficient (Wildman–Crippen LogP) is 1.96. The molecule has 2 N–H and O–H groups in total.